The minimum Gasteiger partial charge on any atom is -0.456 e. The van der Waals surface area contributed by atoms with Crippen LogP contribution in [0, 0.1) is 0 Å². The van der Waals surface area contributed by atoms with E-state index in [4.69, 9.17) is 4.42 Å². The maximum atomic E-state index is 6.11. The molecule has 3 rings (SSSR count). The molecule has 1 aromatic heterocycles. The molecule has 0 unspecified atom stereocenters. The van der Waals surface area contributed by atoms with Gasteiger partial charge in [0.25, 0.3) is 0 Å². The van der Waals surface area contributed by atoms with Crippen LogP contribution in [-0.2, 0) is 0 Å². The molecule has 0 fully saturated rings. The maximum absolute atomic E-state index is 6.11. The molecule has 0 bridgehead atoms. The number of allylic oxidation sites excluding steroid dienone is 16. The summed E-state index contributed by atoms with van der Waals surface area (Å²) in [6, 6.07) is 10.2. The fourth-order valence-corrected chi connectivity index (χ4v) is 4.72. The van der Waals surface area contributed by atoms with Crippen molar-refractivity contribution in [2.24, 2.45) is 4.99 Å². The van der Waals surface area contributed by atoms with Crippen molar-refractivity contribution in [3.05, 3.63) is 187 Å². The van der Waals surface area contributed by atoms with Gasteiger partial charge in [0.1, 0.15) is 11.3 Å². The van der Waals surface area contributed by atoms with Crippen LogP contribution in [0.2, 0.25) is 0 Å². The molecule has 0 amide bonds. The summed E-state index contributed by atoms with van der Waals surface area (Å²) in [7, 11) is 0. The van der Waals surface area contributed by atoms with Gasteiger partial charge < -0.3 is 4.42 Å². The topological polar surface area (TPSA) is 25.5 Å². The molecule has 0 aliphatic rings. The Balaban J connectivity index is 1.82. The molecule has 0 atom stereocenters. The average molecular weight is 588 g/mol. The third-order valence-corrected chi connectivity index (χ3v) is 6.75. The Bertz CT molecular complexity index is 1820. The number of para-hydroxylation sites is 1. The lowest BCUT2D eigenvalue weighted by Crippen LogP contribution is -1.97. The normalized spacial score (nSPS) is 13.2. The number of aliphatic imine (C=N–C) groups is 1. The van der Waals surface area contributed by atoms with Gasteiger partial charge in [0.2, 0.25) is 0 Å². The van der Waals surface area contributed by atoms with Gasteiger partial charge in [-0.3, -0.25) is 4.99 Å². The quantitative estimate of drug-likeness (QED) is 0.128. The Hall–Kier alpha value is -5.73. The molecule has 2 nitrogen and oxygen atoms in total. The second kappa shape index (κ2) is 18.7. The highest BCUT2D eigenvalue weighted by atomic mass is 16.3. The molecule has 0 saturated carbocycles. The third-order valence-electron chi connectivity index (χ3n) is 6.75. The van der Waals surface area contributed by atoms with Gasteiger partial charge in [-0.25, -0.2) is 0 Å². The summed E-state index contributed by atoms with van der Waals surface area (Å²) in [5.41, 5.74) is 8.00. The Kier molecular flexibility index (Phi) is 14.1. The minimum atomic E-state index is 0.817. The van der Waals surface area contributed by atoms with Crippen LogP contribution in [-0.4, -0.2) is 6.72 Å². The monoisotopic (exact) mass is 587 g/mol. The predicted molar refractivity (Wildman–Crippen MR) is 204 cm³/mol. The van der Waals surface area contributed by atoms with Crippen molar-refractivity contribution in [1.29, 1.82) is 0 Å². The third kappa shape index (κ3) is 9.38. The van der Waals surface area contributed by atoms with Crippen molar-refractivity contribution >= 4 is 59.7 Å². The smallest absolute Gasteiger partial charge is 0.135 e. The highest BCUT2D eigenvalue weighted by molar-refractivity contribution is 5.91. The molecule has 0 saturated heterocycles. The van der Waals surface area contributed by atoms with E-state index in [1.807, 2.05) is 141 Å². The van der Waals surface area contributed by atoms with Crippen LogP contribution in [0.3, 0.4) is 0 Å². The van der Waals surface area contributed by atoms with E-state index in [9.17, 15) is 0 Å². The molecule has 0 aliphatic heterocycles. The number of rotatable bonds is 15. The summed E-state index contributed by atoms with van der Waals surface area (Å²) in [4.78, 5) is 3.93. The molecule has 0 aliphatic carbocycles. The van der Waals surface area contributed by atoms with Crippen LogP contribution >= 0.6 is 0 Å². The molecule has 0 N–H and O–H groups in total. The number of furan rings is 1. The molecule has 2 aromatic carbocycles. The van der Waals surface area contributed by atoms with Crippen molar-refractivity contribution in [1.82, 2.24) is 0 Å². The summed E-state index contributed by atoms with van der Waals surface area (Å²) in [6.07, 6.45) is 43.4. The Labute approximate surface area is 268 Å². The summed E-state index contributed by atoms with van der Waals surface area (Å²) < 4.78 is 6.11. The number of fused-ring (bicyclic) bond motifs is 1. The van der Waals surface area contributed by atoms with Crippen molar-refractivity contribution in [3.8, 4) is 0 Å². The first-order valence-electron chi connectivity index (χ1n) is 14.8. The lowest BCUT2D eigenvalue weighted by Gasteiger charge is -2.16. The van der Waals surface area contributed by atoms with E-state index < -0.39 is 0 Å². The number of benzene rings is 2. The van der Waals surface area contributed by atoms with Crippen molar-refractivity contribution in [3.63, 3.8) is 0 Å². The lowest BCUT2D eigenvalue weighted by atomic mass is 9.87. The van der Waals surface area contributed by atoms with Crippen molar-refractivity contribution in [2.45, 2.75) is 13.8 Å². The number of hydrogen-bond donors (Lipinski definition) is 0. The van der Waals surface area contributed by atoms with Crippen LogP contribution < -0.4 is 0 Å². The van der Waals surface area contributed by atoms with E-state index in [-0.39, 0.29) is 0 Å². The van der Waals surface area contributed by atoms with Crippen molar-refractivity contribution in [2.75, 3.05) is 0 Å². The number of nitrogens with zero attached hydrogens (tertiary/aromatic N) is 1. The fraction of sp³-hybridized carbons (Fsp3) is 0.0465. The zero-order valence-corrected chi connectivity index (χ0v) is 26.3. The van der Waals surface area contributed by atoms with Gasteiger partial charge >= 0.3 is 0 Å². The van der Waals surface area contributed by atoms with E-state index in [0.717, 1.165) is 55.7 Å². The van der Waals surface area contributed by atoms with Crippen LogP contribution in [0.15, 0.2) is 157 Å². The highest BCUT2D eigenvalue weighted by Gasteiger charge is 2.13. The first-order chi connectivity index (χ1) is 22.1. The van der Waals surface area contributed by atoms with Crippen molar-refractivity contribution < 1.29 is 4.42 Å². The lowest BCUT2D eigenvalue weighted by molar-refractivity contribution is 0.603. The molecule has 2 heteroatoms. The Morgan fingerprint density at radius 1 is 0.667 bits per heavy atom. The van der Waals surface area contributed by atoms with Gasteiger partial charge in [0.05, 0.1) is 0 Å². The van der Waals surface area contributed by atoms with E-state index in [1.54, 1.807) is 6.20 Å². The molecule has 45 heavy (non-hydrogen) atoms. The average Bonchev–Trinajstić information content (AvgIpc) is 3.42. The second-order valence-corrected chi connectivity index (χ2v) is 9.65. The Morgan fingerprint density at radius 3 is 2.00 bits per heavy atom. The summed E-state index contributed by atoms with van der Waals surface area (Å²) in [5, 5.41) is 1.09. The highest BCUT2D eigenvalue weighted by Crippen LogP contribution is 2.33. The zero-order valence-electron chi connectivity index (χ0n) is 26.3. The molecule has 224 valence electrons. The molecule has 3 aromatic rings. The summed E-state index contributed by atoms with van der Waals surface area (Å²) in [6.45, 7) is 19.7. The van der Waals surface area contributed by atoms with E-state index in [0.29, 0.717) is 0 Å². The maximum Gasteiger partial charge on any atom is 0.135 e. The van der Waals surface area contributed by atoms with Gasteiger partial charge in [-0.2, -0.15) is 0 Å². The van der Waals surface area contributed by atoms with Gasteiger partial charge in [0.15, 0.2) is 0 Å². The van der Waals surface area contributed by atoms with Gasteiger partial charge in [-0.05, 0) is 78.2 Å². The van der Waals surface area contributed by atoms with Crippen LogP contribution in [0.4, 0.5) is 0 Å². The standard InChI is InChI=1S/C43H41NO/c1-7-12-13-17-21-27-39-40-28-23-24-30-43(40)45-42(39)29-22-19-16-14-15-18-20-26-35(31-32-44-6)41-33-34(9-3)36(10-4)37(11-5)38(41)25-8-2/h7-33H,3-6H2,1-2H3/b12-7+,15-14+,17-13+,19-16-,20-18+,25-8-,27-21+,29-22-,32-31-,35-26+. The predicted octanol–water partition coefficient (Wildman–Crippen LogP) is 12.5. The first-order valence-corrected chi connectivity index (χ1v) is 14.8. The molecule has 0 radical (unpaired) electrons. The summed E-state index contributed by atoms with van der Waals surface area (Å²) >= 11 is 0. The van der Waals surface area contributed by atoms with Gasteiger partial charge in [-0.15, -0.1) is 0 Å². The van der Waals surface area contributed by atoms with Gasteiger partial charge in [0, 0.05) is 17.1 Å². The SMILES string of the molecule is C=Cc1cc(C(/C=C\N=C)=C/C=C/C=C/C=C\C=C/c2oc3ccccc3c2/C=C/C=C/C=C/C)c(/C=C\C)c(C=C)c1C=C. The molecular formula is C43H41NO. The van der Waals surface area contributed by atoms with E-state index >= 15 is 0 Å². The largest absolute Gasteiger partial charge is 0.456 e. The first kappa shape index (κ1) is 33.8. The van der Waals surface area contributed by atoms with Gasteiger partial charge in [-0.1, -0.05) is 153 Å². The van der Waals surface area contributed by atoms with E-state index in [2.05, 4.69) is 61.8 Å². The number of hydrogen-bond acceptors (Lipinski definition) is 2. The molecule has 0 spiro atoms. The second-order valence-electron chi connectivity index (χ2n) is 9.65. The van der Waals surface area contributed by atoms with Crippen LogP contribution in [0.1, 0.15) is 53.0 Å². The van der Waals surface area contributed by atoms with Crippen LogP contribution in [0.25, 0.3) is 53.0 Å². The molecule has 1 heterocycles. The summed E-state index contributed by atoms with van der Waals surface area (Å²) in [5.74, 6) is 0.817. The molecular weight excluding hydrogens is 546 g/mol. The zero-order chi connectivity index (χ0) is 32.3. The van der Waals surface area contributed by atoms with Crippen LogP contribution in [0.5, 0.6) is 0 Å². The Morgan fingerprint density at radius 2 is 1.33 bits per heavy atom. The minimum absolute atomic E-state index is 0.817. The van der Waals surface area contributed by atoms with E-state index in [1.165, 1.54) is 0 Å². The fourth-order valence-electron chi connectivity index (χ4n) is 4.72.